The zero-order valence-corrected chi connectivity index (χ0v) is 17.5. The second-order valence-corrected chi connectivity index (χ2v) is 11.8. The van der Waals surface area contributed by atoms with Crippen molar-refractivity contribution in [1.82, 2.24) is 10.2 Å². The summed E-state index contributed by atoms with van der Waals surface area (Å²) in [5.41, 5.74) is 0. The van der Waals surface area contributed by atoms with Gasteiger partial charge in [-0.2, -0.15) is 11.8 Å². The van der Waals surface area contributed by atoms with Crippen molar-refractivity contribution in [3.8, 4) is 0 Å². The van der Waals surface area contributed by atoms with Gasteiger partial charge < -0.3 is 10.2 Å². The van der Waals surface area contributed by atoms with Crippen LogP contribution in [0.5, 0.6) is 0 Å². The molecule has 1 spiro atoms. The zero-order chi connectivity index (χ0) is 17.6. The van der Waals surface area contributed by atoms with Crippen molar-refractivity contribution < 1.29 is 4.21 Å². The highest BCUT2D eigenvalue weighted by Gasteiger charge is 2.38. The summed E-state index contributed by atoms with van der Waals surface area (Å²) in [5.74, 6) is 2.86. The lowest BCUT2D eigenvalue weighted by Crippen LogP contribution is -2.53. The quantitative estimate of drug-likeness (QED) is 0.607. The van der Waals surface area contributed by atoms with E-state index in [2.05, 4.69) is 28.9 Å². The van der Waals surface area contributed by atoms with Gasteiger partial charge >= 0.3 is 0 Å². The Hall–Kier alpha value is -0.230. The predicted molar refractivity (Wildman–Crippen MR) is 109 cm³/mol. The predicted octanol–water partition coefficient (Wildman–Crippen LogP) is 3.25. The second-order valence-electron chi connectivity index (χ2n) is 7.91. The molecule has 2 fully saturated rings. The van der Waals surface area contributed by atoms with Crippen molar-refractivity contribution in [2.75, 3.05) is 37.7 Å². The van der Waals surface area contributed by atoms with Gasteiger partial charge in [0.15, 0.2) is 5.96 Å². The van der Waals surface area contributed by atoms with Crippen LogP contribution in [0.4, 0.5) is 0 Å². The van der Waals surface area contributed by atoms with Gasteiger partial charge in [0.2, 0.25) is 0 Å². The van der Waals surface area contributed by atoms with E-state index in [1.54, 1.807) is 0 Å². The Kier molecular flexibility index (Phi) is 7.47. The minimum absolute atomic E-state index is 0.151. The van der Waals surface area contributed by atoms with Crippen LogP contribution in [-0.4, -0.2) is 62.2 Å². The van der Waals surface area contributed by atoms with E-state index in [1.165, 1.54) is 37.9 Å². The van der Waals surface area contributed by atoms with Crippen LogP contribution >= 0.6 is 11.8 Å². The topological polar surface area (TPSA) is 44.7 Å². The standard InChI is InChI=1S/C18H35N3OS2/c1-5-19-16(20-11-14-24(22)17(2,3)4)21-12-13-23-18(15-21)9-7-6-8-10-18/h5-15H2,1-4H3,(H,19,20). The number of hydrogen-bond acceptors (Lipinski definition) is 3. The number of nitrogens with one attached hydrogen (secondary N) is 1. The third-order valence-corrected chi connectivity index (χ3v) is 8.32. The number of thioether (sulfide) groups is 1. The van der Waals surface area contributed by atoms with Gasteiger partial charge in [-0.05, 0) is 40.5 Å². The maximum atomic E-state index is 12.2. The van der Waals surface area contributed by atoms with Crippen LogP contribution in [0.1, 0.15) is 59.8 Å². The first kappa shape index (κ1) is 20.1. The van der Waals surface area contributed by atoms with E-state index in [4.69, 9.17) is 4.99 Å². The van der Waals surface area contributed by atoms with Gasteiger partial charge in [0, 0.05) is 51.4 Å². The number of hydrogen-bond donors (Lipinski definition) is 1. The van der Waals surface area contributed by atoms with E-state index in [0.29, 0.717) is 17.0 Å². The molecule has 140 valence electrons. The van der Waals surface area contributed by atoms with Gasteiger partial charge in [0.05, 0.1) is 6.54 Å². The third kappa shape index (κ3) is 5.65. The van der Waals surface area contributed by atoms with Gasteiger partial charge in [0.25, 0.3) is 0 Å². The molecular weight excluding hydrogens is 338 g/mol. The molecule has 0 bridgehead atoms. The summed E-state index contributed by atoms with van der Waals surface area (Å²) in [6.07, 6.45) is 6.84. The first-order chi connectivity index (χ1) is 11.4. The zero-order valence-electron chi connectivity index (χ0n) is 15.9. The molecule has 1 unspecified atom stereocenters. The van der Waals surface area contributed by atoms with E-state index < -0.39 is 10.8 Å². The summed E-state index contributed by atoms with van der Waals surface area (Å²) in [7, 11) is -0.831. The number of aliphatic imine (C=N–C) groups is 1. The summed E-state index contributed by atoms with van der Waals surface area (Å²) in [5, 5.41) is 3.45. The average molecular weight is 374 g/mol. The van der Waals surface area contributed by atoms with Crippen LogP contribution < -0.4 is 5.32 Å². The lowest BCUT2D eigenvalue weighted by Gasteiger charge is -2.45. The Morgan fingerprint density at radius 1 is 1.29 bits per heavy atom. The first-order valence-corrected chi connectivity index (χ1v) is 11.7. The Labute approximate surface area is 155 Å². The van der Waals surface area contributed by atoms with Crippen LogP contribution in [-0.2, 0) is 10.8 Å². The monoisotopic (exact) mass is 373 g/mol. The molecule has 1 heterocycles. The maximum Gasteiger partial charge on any atom is 0.194 e. The molecule has 1 atom stereocenters. The fraction of sp³-hybridized carbons (Fsp3) is 0.944. The molecule has 0 amide bonds. The van der Waals surface area contributed by atoms with Gasteiger partial charge in [0.1, 0.15) is 0 Å². The van der Waals surface area contributed by atoms with Crippen molar-refractivity contribution in [1.29, 1.82) is 0 Å². The normalized spacial score (nSPS) is 23.3. The molecule has 1 saturated heterocycles. The van der Waals surface area contributed by atoms with Crippen molar-refractivity contribution in [2.24, 2.45) is 4.99 Å². The summed E-state index contributed by atoms with van der Waals surface area (Å²) in [6.45, 7) is 11.9. The molecule has 1 N–H and O–H groups in total. The molecule has 1 saturated carbocycles. The van der Waals surface area contributed by atoms with E-state index in [-0.39, 0.29) is 4.75 Å². The van der Waals surface area contributed by atoms with Crippen molar-refractivity contribution in [3.63, 3.8) is 0 Å². The van der Waals surface area contributed by atoms with Crippen LogP contribution in [0.3, 0.4) is 0 Å². The van der Waals surface area contributed by atoms with E-state index in [9.17, 15) is 4.21 Å². The Morgan fingerprint density at radius 3 is 2.62 bits per heavy atom. The molecular formula is C18H35N3OS2. The molecule has 0 aromatic rings. The average Bonchev–Trinajstić information content (AvgIpc) is 2.54. The molecule has 0 aromatic heterocycles. The van der Waals surface area contributed by atoms with E-state index >= 15 is 0 Å². The number of nitrogens with zero attached hydrogens (tertiary/aromatic N) is 2. The molecule has 2 rings (SSSR count). The fourth-order valence-electron chi connectivity index (χ4n) is 3.49. The van der Waals surface area contributed by atoms with E-state index in [1.807, 2.05) is 20.8 Å². The highest BCUT2D eigenvalue weighted by molar-refractivity contribution is 8.00. The van der Waals surface area contributed by atoms with Gasteiger partial charge in [-0.3, -0.25) is 9.20 Å². The molecule has 6 heteroatoms. The smallest absolute Gasteiger partial charge is 0.194 e. The van der Waals surface area contributed by atoms with Crippen LogP contribution in [0.2, 0.25) is 0 Å². The highest BCUT2D eigenvalue weighted by atomic mass is 32.2. The van der Waals surface area contributed by atoms with Gasteiger partial charge in [-0.1, -0.05) is 19.3 Å². The van der Waals surface area contributed by atoms with Crippen LogP contribution in [0.25, 0.3) is 0 Å². The minimum atomic E-state index is -0.831. The SMILES string of the molecule is CCNC(=NCCS(=O)C(C)(C)C)N1CCSC2(CCCCC2)C1. The Balaban J connectivity index is 1.98. The summed E-state index contributed by atoms with van der Waals surface area (Å²) in [6, 6.07) is 0. The molecule has 2 aliphatic rings. The number of guanidine groups is 1. The van der Waals surface area contributed by atoms with Crippen molar-refractivity contribution in [3.05, 3.63) is 0 Å². The van der Waals surface area contributed by atoms with Crippen LogP contribution in [0.15, 0.2) is 4.99 Å². The van der Waals surface area contributed by atoms with Gasteiger partial charge in [-0.15, -0.1) is 0 Å². The molecule has 0 aromatic carbocycles. The lowest BCUT2D eigenvalue weighted by molar-refractivity contribution is 0.293. The van der Waals surface area contributed by atoms with Gasteiger partial charge in [-0.25, -0.2) is 0 Å². The van der Waals surface area contributed by atoms with Crippen LogP contribution in [0, 0.1) is 0 Å². The number of rotatable bonds is 4. The largest absolute Gasteiger partial charge is 0.357 e. The van der Waals surface area contributed by atoms with Crippen molar-refractivity contribution in [2.45, 2.75) is 69.3 Å². The second kappa shape index (κ2) is 8.93. The Morgan fingerprint density at radius 2 is 2.00 bits per heavy atom. The molecule has 0 radical (unpaired) electrons. The van der Waals surface area contributed by atoms with Crippen molar-refractivity contribution >= 4 is 28.5 Å². The third-order valence-electron chi connectivity index (χ3n) is 4.87. The minimum Gasteiger partial charge on any atom is -0.357 e. The first-order valence-electron chi connectivity index (χ1n) is 9.42. The fourth-order valence-corrected chi connectivity index (χ4v) is 5.93. The van der Waals surface area contributed by atoms with E-state index in [0.717, 1.165) is 25.6 Å². The molecule has 4 nitrogen and oxygen atoms in total. The molecule has 24 heavy (non-hydrogen) atoms. The molecule has 1 aliphatic carbocycles. The Bertz CT molecular complexity index is 448. The summed E-state index contributed by atoms with van der Waals surface area (Å²) in [4.78, 5) is 7.25. The summed E-state index contributed by atoms with van der Waals surface area (Å²) >= 11 is 2.18. The summed E-state index contributed by atoms with van der Waals surface area (Å²) < 4.78 is 12.5. The maximum absolute atomic E-state index is 12.2. The highest BCUT2D eigenvalue weighted by Crippen LogP contribution is 2.42. The lowest BCUT2D eigenvalue weighted by atomic mass is 9.87. The molecule has 1 aliphatic heterocycles.